The molecule has 5 nitrogen and oxygen atoms in total. The first-order valence-corrected chi connectivity index (χ1v) is 7.65. The molecule has 1 heterocycles. The van der Waals surface area contributed by atoms with Crippen LogP contribution < -0.4 is 4.72 Å². The van der Waals surface area contributed by atoms with E-state index in [2.05, 4.69) is 9.82 Å². The molecule has 19 heavy (non-hydrogen) atoms. The Morgan fingerprint density at radius 3 is 2.42 bits per heavy atom. The second-order valence-electron chi connectivity index (χ2n) is 4.12. The van der Waals surface area contributed by atoms with Crippen LogP contribution in [0.25, 0.3) is 0 Å². The van der Waals surface area contributed by atoms with Gasteiger partial charge in [0.25, 0.3) is 0 Å². The molecule has 1 N–H and O–H groups in total. The Kier molecular flexibility index (Phi) is 4.24. The van der Waals surface area contributed by atoms with Crippen LogP contribution in [0.1, 0.15) is 11.1 Å². The summed E-state index contributed by atoms with van der Waals surface area (Å²) in [5.41, 5.74) is 1.88. The third-order valence-corrected chi connectivity index (χ3v) is 4.30. The molecular formula is C12H14ClN3O2S. The minimum Gasteiger partial charge on any atom is -0.274 e. The van der Waals surface area contributed by atoms with E-state index in [4.69, 9.17) is 11.6 Å². The fourth-order valence-electron chi connectivity index (χ4n) is 1.55. The topological polar surface area (TPSA) is 64.0 Å². The normalized spacial score (nSPS) is 11.7. The standard InChI is InChI=1S/C12H14ClN3O2S/c1-16-9-12(8-14-16)19(17,18)15-7-11-4-2-10(6-13)3-5-11/h2-5,8-9,15H,6-7H2,1H3. The van der Waals surface area contributed by atoms with Crippen molar-refractivity contribution in [3.05, 3.63) is 47.8 Å². The van der Waals surface area contributed by atoms with Crippen LogP contribution in [0.2, 0.25) is 0 Å². The average molecular weight is 300 g/mol. The number of sulfonamides is 1. The van der Waals surface area contributed by atoms with E-state index >= 15 is 0 Å². The largest absolute Gasteiger partial charge is 0.274 e. The molecule has 0 aliphatic heterocycles. The van der Waals surface area contributed by atoms with E-state index < -0.39 is 10.0 Å². The number of hydrogen-bond donors (Lipinski definition) is 1. The predicted octanol–water partition coefficient (Wildman–Crippen LogP) is 1.64. The van der Waals surface area contributed by atoms with Crippen molar-refractivity contribution in [1.29, 1.82) is 0 Å². The zero-order valence-corrected chi connectivity index (χ0v) is 11.9. The van der Waals surface area contributed by atoms with Gasteiger partial charge in [0.15, 0.2) is 0 Å². The molecule has 0 spiro atoms. The highest BCUT2D eigenvalue weighted by molar-refractivity contribution is 7.89. The van der Waals surface area contributed by atoms with Crippen LogP contribution in [0.4, 0.5) is 0 Å². The van der Waals surface area contributed by atoms with E-state index in [0.29, 0.717) is 5.88 Å². The van der Waals surface area contributed by atoms with Gasteiger partial charge in [-0.1, -0.05) is 24.3 Å². The highest BCUT2D eigenvalue weighted by Crippen LogP contribution is 2.09. The van der Waals surface area contributed by atoms with Crippen LogP contribution in [0.15, 0.2) is 41.6 Å². The lowest BCUT2D eigenvalue weighted by molar-refractivity contribution is 0.581. The minimum absolute atomic E-state index is 0.160. The third-order valence-electron chi connectivity index (χ3n) is 2.64. The molecule has 0 bridgehead atoms. The second-order valence-corrected chi connectivity index (χ2v) is 6.16. The predicted molar refractivity (Wildman–Crippen MR) is 73.2 cm³/mol. The van der Waals surface area contributed by atoms with Gasteiger partial charge in [-0.05, 0) is 11.1 Å². The van der Waals surface area contributed by atoms with Crippen LogP contribution in [-0.2, 0) is 29.5 Å². The van der Waals surface area contributed by atoms with Crippen molar-refractivity contribution >= 4 is 21.6 Å². The third kappa shape index (κ3) is 3.56. The second kappa shape index (κ2) is 5.73. The lowest BCUT2D eigenvalue weighted by atomic mass is 10.1. The van der Waals surface area contributed by atoms with Crippen molar-refractivity contribution in [2.24, 2.45) is 7.05 Å². The number of aromatic nitrogens is 2. The molecule has 0 fully saturated rings. The van der Waals surface area contributed by atoms with Crippen LogP contribution in [-0.4, -0.2) is 18.2 Å². The first kappa shape index (κ1) is 14.0. The van der Waals surface area contributed by atoms with Crippen molar-refractivity contribution in [1.82, 2.24) is 14.5 Å². The summed E-state index contributed by atoms with van der Waals surface area (Å²) in [7, 11) is -1.84. The Labute approximate surface area is 117 Å². The van der Waals surface area contributed by atoms with Gasteiger partial charge in [-0.25, -0.2) is 13.1 Å². The van der Waals surface area contributed by atoms with E-state index in [1.165, 1.54) is 17.1 Å². The number of nitrogens with one attached hydrogen (secondary N) is 1. The number of benzene rings is 1. The summed E-state index contributed by atoms with van der Waals surface area (Å²) in [5.74, 6) is 0.446. The maximum Gasteiger partial charge on any atom is 0.243 e. The van der Waals surface area contributed by atoms with E-state index in [9.17, 15) is 8.42 Å². The Balaban J connectivity index is 2.05. The quantitative estimate of drug-likeness (QED) is 0.854. The van der Waals surface area contributed by atoms with Gasteiger partial charge in [-0.2, -0.15) is 5.10 Å². The number of halogens is 1. The molecule has 0 saturated carbocycles. The Morgan fingerprint density at radius 2 is 1.89 bits per heavy atom. The first-order chi connectivity index (χ1) is 9.01. The smallest absolute Gasteiger partial charge is 0.243 e. The van der Waals surface area contributed by atoms with E-state index in [1.807, 2.05) is 24.3 Å². The van der Waals surface area contributed by atoms with Crippen molar-refractivity contribution in [2.45, 2.75) is 17.3 Å². The SMILES string of the molecule is Cn1cc(S(=O)(=O)NCc2ccc(CCl)cc2)cn1. The Bertz CT molecular complexity index is 650. The maximum absolute atomic E-state index is 12.0. The molecule has 7 heteroatoms. The monoisotopic (exact) mass is 299 g/mol. The van der Waals surface area contributed by atoms with Gasteiger partial charge in [-0.15, -0.1) is 11.6 Å². The Hall–Kier alpha value is -1.37. The van der Waals surface area contributed by atoms with Gasteiger partial charge in [0.1, 0.15) is 4.90 Å². The zero-order chi connectivity index (χ0) is 13.9. The fourth-order valence-corrected chi connectivity index (χ4v) is 2.72. The molecule has 0 unspecified atom stereocenters. The van der Waals surface area contributed by atoms with Crippen molar-refractivity contribution < 1.29 is 8.42 Å². The number of aryl methyl sites for hydroxylation is 1. The molecule has 0 saturated heterocycles. The van der Waals surface area contributed by atoms with Gasteiger partial charge >= 0.3 is 0 Å². The fraction of sp³-hybridized carbons (Fsp3) is 0.250. The minimum atomic E-state index is -3.51. The molecule has 2 aromatic rings. The molecular weight excluding hydrogens is 286 g/mol. The van der Waals surface area contributed by atoms with Crippen LogP contribution in [0, 0.1) is 0 Å². The summed E-state index contributed by atoms with van der Waals surface area (Å²) in [6.07, 6.45) is 2.78. The first-order valence-electron chi connectivity index (χ1n) is 5.63. The molecule has 0 radical (unpaired) electrons. The molecule has 0 amide bonds. The number of hydrogen-bond acceptors (Lipinski definition) is 3. The van der Waals surface area contributed by atoms with Gasteiger partial charge in [0.2, 0.25) is 10.0 Å². The number of nitrogens with zero attached hydrogens (tertiary/aromatic N) is 2. The van der Waals surface area contributed by atoms with Crippen LogP contribution in [0.3, 0.4) is 0 Å². The van der Waals surface area contributed by atoms with E-state index in [0.717, 1.165) is 11.1 Å². The van der Waals surface area contributed by atoms with Crippen LogP contribution in [0.5, 0.6) is 0 Å². The lowest BCUT2D eigenvalue weighted by Crippen LogP contribution is -2.22. The van der Waals surface area contributed by atoms with Crippen molar-refractivity contribution in [2.75, 3.05) is 0 Å². The lowest BCUT2D eigenvalue weighted by Gasteiger charge is -2.05. The summed E-state index contributed by atoms with van der Waals surface area (Å²) in [6.45, 7) is 0.236. The van der Waals surface area contributed by atoms with Gasteiger partial charge < -0.3 is 0 Å². The molecule has 1 aromatic carbocycles. The van der Waals surface area contributed by atoms with Gasteiger partial charge in [0, 0.05) is 25.7 Å². The molecule has 0 atom stereocenters. The summed E-state index contributed by atoms with van der Waals surface area (Å²) >= 11 is 5.69. The highest BCUT2D eigenvalue weighted by Gasteiger charge is 2.15. The summed E-state index contributed by atoms with van der Waals surface area (Å²) in [5, 5.41) is 3.84. The molecule has 2 rings (SSSR count). The molecule has 1 aromatic heterocycles. The van der Waals surface area contributed by atoms with Crippen molar-refractivity contribution in [3.63, 3.8) is 0 Å². The van der Waals surface area contributed by atoms with E-state index in [1.54, 1.807) is 7.05 Å². The van der Waals surface area contributed by atoms with E-state index in [-0.39, 0.29) is 11.4 Å². The summed E-state index contributed by atoms with van der Waals surface area (Å²) in [4.78, 5) is 0.160. The Morgan fingerprint density at radius 1 is 1.26 bits per heavy atom. The molecule has 102 valence electrons. The van der Waals surface area contributed by atoms with Crippen LogP contribution >= 0.6 is 11.6 Å². The highest BCUT2D eigenvalue weighted by atomic mass is 35.5. The summed E-state index contributed by atoms with van der Waals surface area (Å²) < 4.78 is 27.9. The maximum atomic E-state index is 12.0. The van der Waals surface area contributed by atoms with Gasteiger partial charge in [-0.3, -0.25) is 4.68 Å². The molecule has 0 aliphatic rings. The average Bonchev–Trinajstić information content (AvgIpc) is 2.85. The molecule has 0 aliphatic carbocycles. The number of alkyl halides is 1. The number of rotatable bonds is 5. The summed E-state index contributed by atoms with van der Waals surface area (Å²) in [6, 6.07) is 7.45. The van der Waals surface area contributed by atoms with Gasteiger partial charge in [0.05, 0.1) is 6.20 Å². The zero-order valence-electron chi connectivity index (χ0n) is 10.4. The van der Waals surface area contributed by atoms with Crippen molar-refractivity contribution in [3.8, 4) is 0 Å².